The molecule has 0 aliphatic carbocycles. The van der Waals surface area contributed by atoms with Gasteiger partial charge in [-0.25, -0.2) is 26.9 Å². The predicted molar refractivity (Wildman–Crippen MR) is 99.3 cm³/mol. The number of nitrogens with one attached hydrogen (secondary N) is 1. The highest BCUT2D eigenvalue weighted by Gasteiger charge is 2.24. The van der Waals surface area contributed by atoms with Crippen LogP contribution in [0.1, 0.15) is 16.3 Å². The van der Waals surface area contributed by atoms with E-state index >= 15 is 0 Å². The summed E-state index contributed by atoms with van der Waals surface area (Å²) in [4.78, 5) is 15.9. The van der Waals surface area contributed by atoms with Crippen molar-refractivity contribution in [1.82, 2.24) is 14.3 Å². The third-order valence-electron chi connectivity index (χ3n) is 3.65. The number of nitrogens with zero attached hydrogens (tertiary/aromatic N) is 2. The molecule has 3 rings (SSSR count). The van der Waals surface area contributed by atoms with Crippen molar-refractivity contribution in [2.45, 2.75) is 11.8 Å². The second-order valence-electron chi connectivity index (χ2n) is 5.68. The van der Waals surface area contributed by atoms with Gasteiger partial charge in [-0.3, -0.25) is 4.79 Å². The number of hydrogen-bond acceptors (Lipinski definition) is 4. The van der Waals surface area contributed by atoms with E-state index in [1.807, 2.05) is 4.72 Å². The van der Waals surface area contributed by atoms with Crippen LogP contribution < -0.4 is 4.72 Å². The lowest BCUT2D eigenvalue weighted by molar-refractivity contribution is 0.0977. The topological polar surface area (TPSA) is 81.1 Å². The summed E-state index contributed by atoms with van der Waals surface area (Å²) in [7, 11) is -4.33. The Kier molecular flexibility index (Phi) is 5.42. The number of benzene rings is 2. The second-order valence-corrected chi connectivity index (χ2v) is 8.17. The smallest absolute Gasteiger partial charge is 0.285 e. The zero-order valence-electron chi connectivity index (χ0n) is 14.1. The molecule has 0 fully saturated rings. The first-order valence-electron chi connectivity index (χ1n) is 7.61. The molecule has 2 aromatic carbocycles. The van der Waals surface area contributed by atoms with Gasteiger partial charge in [-0.05, 0) is 37.3 Å². The highest BCUT2D eigenvalue weighted by molar-refractivity contribution is 7.90. The number of aromatic nitrogens is 2. The Morgan fingerprint density at radius 1 is 1.11 bits per heavy atom. The van der Waals surface area contributed by atoms with Gasteiger partial charge < -0.3 is 4.57 Å². The summed E-state index contributed by atoms with van der Waals surface area (Å²) in [5.41, 5.74) is -0.189. The van der Waals surface area contributed by atoms with E-state index in [2.05, 4.69) is 4.98 Å². The van der Waals surface area contributed by atoms with Crippen LogP contribution in [0.5, 0.6) is 0 Å². The molecule has 1 amide bonds. The van der Waals surface area contributed by atoms with Gasteiger partial charge in [0.05, 0.1) is 10.7 Å². The minimum absolute atomic E-state index is 0.0855. The predicted octanol–water partition coefficient (Wildman–Crippen LogP) is 3.88. The molecule has 0 unspecified atom stereocenters. The molecule has 0 saturated heterocycles. The molecule has 0 radical (unpaired) electrons. The zero-order valence-corrected chi connectivity index (χ0v) is 16.4. The quantitative estimate of drug-likeness (QED) is 0.660. The average molecular weight is 446 g/mol. The van der Waals surface area contributed by atoms with Crippen LogP contribution in [0.25, 0.3) is 5.69 Å². The van der Waals surface area contributed by atoms with E-state index in [-0.39, 0.29) is 32.1 Å². The highest BCUT2D eigenvalue weighted by atomic mass is 35.5. The SMILES string of the molecule is Cc1nc(C(=O)NS(=O)(=O)c2cc(Cl)ccc2Cl)cn1-c1cc(F)cc(F)c1. The summed E-state index contributed by atoms with van der Waals surface area (Å²) in [6, 6.07) is 6.56. The number of amides is 1. The number of carbonyl (C=O) groups excluding carboxylic acids is 1. The van der Waals surface area contributed by atoms with Gasteiger partial charge in [0, 0.05) is 17.3 Å². The van der Waals surface area contributed by atoms with E-state index < -0.39 is 27.6 Å². The number of hydrogen-bond donors (Lipinski definition) is 1. The molecule has 11 heteroatoms. The van der Waals surface area contributed by atoms with Crippen LogP contribution in [0.4, 0.5) is 8.78 Å². The Labute approximate surface area is 168 Å². The largest absolute Gasteiger partial charge is 0.303 e. The van der Waals surface area contributed by atoms with Crippen molar-refractivity contribution >= 4 is 39.1 Å². The fraction of sp³-hybridized carbons (Fsp3) is 0.0588. The Bertz CT molecular complexity index is 1180. The van der Waals surface area contributed by atoms with Crippen molar-refractivity contribution in [3.63, 3.8) is 0 Å². The van der Waals surface area contributed by atoms with Crippen LogP contribution in [-0.2, 0) is 10.0 Å². The van der Waals surface area contributed by atoms with Gasteiger partial charge in [-0.2, -0.15) is 0 Å². The molecule has 0 aliphatic rings. The van der Waals surface area contributed by atoms with Gasteiger partial charge in [0.2, 0.25) is 0 Å². The number of sulfonamides is 1. The van der Waals surface area contributed by atoms with Crippen molar-refractivity contribution in [2.75, 3.05) is 0 Å². The Morgan fingerprint density at radius 3 is 2.39 bits per heavy atom. The number of carbonyl (C=O) groups is 1. The summed E-state index contributed by atoms with van der Waals surface area (Å²) >= 11 is 11.7. The molecule has 0 aliphatic heterocycles. The van der Waals surface area contributed by atoms with E-state index in [4.69, 9.17) is 23.2 Å². The standard InChI is InChI=1S/C17H11Cl2F2N3O3S/c1-9-22-15(8-24(9)13-6-11(20)5-12(21)7-13)17(25)23-28(26,27)16-4-10(18)2-3-14(16)19/h2-8H,1H3,(H,23,25). The maximum Gasteiger partial charge on any atom is 0.285 e. The fourth-order valence-electron chi connectivity index (χ4n) is 2.43. The molecule has 0 spiro atoms. The molecule has 1 heterocycles. The van der Waals surface area contributed by atoms with E-state index in [0.29, 0.717) is 6.07 Å². The first-order chi connectivity index (χ1) is 13.1. The summed E-state index contributed by atoms with van der Waals surface area (Å²) < 4.78 is 54.8. The lowest BCUT2D eigenvalue weighted by Crippen LogP contribution is -2.31. The Balaban J connectivity index is 1.92. The first-order valence-corrected chi connectivity index (χ1v) is 9.85. The van der Waals surface area contributed by atoms with Crippen LogP contribution in [0.2, 0.25) is 10.0 Å². The molecule has 0 atom stereocenters. The number of rotatable bonds is 4. The van der Waals surface area contributed by atoms with Gasteiger partial charge in [0.15, 0.2) is 0 Å². The normalized spacial score (nSPS) is 11.5. The molecule has 0 saturated carbocycles. The van der Waals surface area contributed by atoms with Crippen LogP contribution >= 0.6 is 23.2 Å². The van der Waals surface area contributed by atoms with Gasteiger partial charge in [-0.15, -0.1) is 0 Å². The third kappa shape index (κ3) is 4.16. The Morgan fingerprint density at radius 2 is 1.75 bits per heavy atom. The van der Waals surface area contributed by atoms with E-state index in [9.17, 15) is 22.0 Å². The monoisotopic (exact) mass is 445 g/mol. The molecule has 1 N–H and O–H groups in total. The van der Waals surface area contributed by atoms with E-state index in [1.165, 1.54) is 23.6 Å². The van der Waals surface area contributed by atoms with Gasteiger partial charge in [-0.1, -0.05) is 23.2 Å². The van der Waals surface area contributed by atoms with Crippen LogP contribution in [0.15, 0.2) is 47.5 Å². The van der Waals surface area contributed by atoms with Crippen molar-refractivity contribution in [2.24, 2.45) is 0 Å². The van der Waals surface area contributed by atoms with Crippen molar-refractivity contribution in [3.05, 3.63) is 75.8 Å². The molecule has 3 aromatic rings. The minimum Gasteiger partial charge on any atom is -0.303 e. The molecule has 1 aromatic heterocycles. The maximum atomic E-state index is 13.4. The second kappa shape index (κ2) is 7.50. The van der Waals surface area contributed by atoms with E-state index in [0.717, 1.165) is 24.4 Å². The van der Waals surface area contributed by atoms with Gasteiger partial charge in [0.25, 0.3) is 15.9 Å². The highest BCUT2D eigenvalue weighted by Crippen LogP contribution is 2.25. The molecule has 28 heavy (non-hydrogen) atoms. The molecule has 6 nitrogen and oxygen atoms in total. The minimum atomic E-state index is -4.33. The van der Waals surface area contributed by atoms with Crippen LogP contribution in [-0.4, -0.2) is 23.9 Å². The van der Waals surface area contributed by atoms with Crippen LogP contribution in [0.3, 0.4) is 0 Å². The van der Waals surface area contributed by atoms with Crippen molar-refractivity contribution in [1.29, 1.82) is 0 Å². The third-order valence-corrected chi connectivity index (χ3v) is 5.70. The zero-order chi connectivity index (χ0) is 20.6. The van der Waals surface area contributed by atoms with Gasteiger partial charge >= 0.3 is 0 Å². The van der Waals surface area contributed by atoms with Crippen molar-refractivity contribution in [3.8, 4) is 5.69 Å². The fourth-order valence-corrected chi connectivity index (χ4v) is 4.16. The number of halogens is 4. The molecule has 0 bridgehead atoms. The van der Waals surface area contributed by atoms with Crippen LogP contribution in [0, 0.1) is 18.6 Å². The average Bonchev–Trinajstić information content (AvgIpc) is 2.98. The Hall–Kier alpha value is -2.49. The number of aryl methyl sites for hydroxylation is 1. The number of imidazole rings is 1. The lowest BCUT2D eigenvalue weighted by Gasteiger charge is -2.07. The summed E-state index contributed by atoms with van der Waals surface area (Å²) in [6.07, 6.45) is 1.16. The molecule has 146 valence electrons. The maximum absolute atomic E-state index is 13.4. The van der Waals surface area contributed by atoms with E-state index in [1.54, 1.807) is 0 Å². The van der Waals surface area contributed by atoms with Crippen molar-refractivity contribution < 1.29 is 22.0 Å². The molecular weight excluding hydrogens is 435 g/mol. The van der Waals surface area contributed by atoms with Gasteiger partial charge in [0.1, 0.15) is 28.0 Å². The lowest BCUT2D eigenvalue weighted by atomic mass is 10.3. The summed E-state index contributed by atoms with van der Waals surface area (Å²) in [6.45, 7) is 1.49. The summed E-state index contributed by atoms with van der Waals surface area (Å²) in [5.74, 6) is -2.46. The first kappa shape index (κ1) is 20.2. The summed E-state index contributed by atoms with van der Waals surface area (Å²) in [5, 5.41) is -0.00729. The molecular formula is C17H11Cl2F2N3O3S.